The summed E-state index contributed by atoms with van der Waals surface area (Å²) in [6.07, 6.45) is 0.679. The number of benzene rings is 7. The van der Waals surface area contributed by atoms with Gasteiger partial charge in [-0.2, -0.15) is 26.3 Å². The number of aryl methyl sites for hydroxylation is 1. The number of hydrogen-bond acceptors (Lipinski definition) is 12. The normalized spacial score (nSPS) is 10.2. The van der Waals surface area contributed by atoms with Gasteiger partial charge in [0.15, 0.2) is 5.78 Å². The molecule has 6 heterocycles. The number of carbonyl (C=O) groups excluding carboxylic acids is 1. The molecule has 0 aliphatic rings. The van der Waals surface area contributed by atoms with Gasteiger partial charge in [0.1, 0.15) is 11.4 Å². The number of ketones is 1. The zero-order valence-electron chi connectivity index (χ0n) is 60.2. The molecule has 5 radical (unpaired) electrons. The Balaban J connectivity index is 0.000000461. The van der Waals surface area contributed by atoms with Crippen LogP contribution in [0.2, 0.25) is 0 Å². The minimum Gasteiger partial charge on any atom is -0.512 e. The number of alkyl halides is 6. The van der Waals surface area contributed by atoms with Crippen LogP contribution in [0.4, 0.5) is 75.4 Å². The van der Waals surface area contributed by atoms with Gasteiger partial charge in [-0.05, 0) is 133 Å². The number of hydrogen-bond donors (Lipinski definition) is 2. The molecule has 0 unspecified atom stereocenters. The van der Waals surface area contributed by atoms with E-state index >= 15 is 0 Å². The number of carbonyl (C=O) groups is 2. The van der Waals surface area contributed by atoms with Gasteiger partial charge in [0.05, 0.1) is 12.9 Å². The van der Waals surface area contributed by atoms with Crippen LogP contribution in [-0.4, -0.2) is 73.1 Å². The van der Waals surface area contributed by atoms with E-state index in [1.54, 1.807) is 61.1 Å². The number of aliphatic hydroxyl groups is 1. The van der Waals surface area contributed by atoms with E-state index in [2.05, 4.69) is 83.3 Å². The van der Waals surface area contributed by atoms with E-state index in [1.807, 2.05) is 98.7 Å². The number of nitrogens with zero attached hydrogens (tertiary/aromatic N) is 8. The van der Waals surface area contributed by atoms with Gasteiger partial charge in [-0.1, -0.05) is 102 Å². The van der Waals surface area contributed by atoms with Gasteiger partial charge in [-0.25, -0.2) is 9.78 Å². The van der Waals surface area contributed by atoms with Crippen LogP contribution in [0.15, 0.2) is 267 Å². The van der Waals surface area contributed by atoms with Crippen molar-refractivity contribution in [3.05, 3.63) is 355 Å². The summed E-state index contributed by atoms with van der Waals surface area (Å²) in [6, 6.07) is 70.0. The topological polar surface area (TPSA) is 168 Å². The molecule has 0 saturated heterocycles. The van der Waals surface area contributed by atoms with Crippen molar-refractivity contribution >= 4 is 34.5 Å². The van der Waals surface area contributed by atoms with Crippen LogP contribution < -0.4 is 14.5 Å². The molecule has 6 aromatic heterocycles. The van der Waals surface area contributed by atoms with Gasteiger partial charge in [-0.15, -0.1) is 108 Å². The fraction of sp³-hybridized carbons (Fsp3) is 0.0952. The summed E-state index contributed by atoms with van der Waals surface area (Å²) in [5.41, 5.74) is 6.21. The van der Waals surface area contributed by atoms with E-state index in [4.69, 9.17) is 14.9 Å². The van der Waals surface area contributed by atoms with Crippen LogP contribution in [0.25, 0.3) is 56.3 Å². The molecule has 0 amide bonds. The first-order valence-electron chi connectivity index (χ1n) is 32.1. The number of anilines is 4. The number of aromatic nitrogens is 6. The molecule has 13 aromatic rings. The summed E-state index contributed by atoms with van der Waals surface area (Å²) < 4.78 is 159. The number of halogens is 12. The van der Waals surface area contributed by atoms with E-state index in [-0.39, 0.29) is 158 Å². The van der Waals surface area contributed by atoms with E-state index < -0.39 is 52.7 Å². The number of aromatic carboxylic acids is 1. The summed E-state index contributed by atoms with van der Waals surface area (Å²) in [7, 11) is 5.44. The fourth-order valence-corrected chi connectivity index (χ4v) is 9.24. The minimum atomic E-state index is -4.91. The second-order valence-electron chi connectivity index (χ2n) is 22.7. The van der Waals surface area contributed by atoms with Gasteiger partial charge >= 0.3 is 18.3 Å². The maximum Gasteiger partial charge on any atom is 0.399 e. The Morgan fingerprint density at radius 2 is 0.877 bits per heavy atom. The van der Waals surface area contributed by atoms with Crippen molar-refractivity contribution < 1.29 is 178 Å². The second-order valence-corrected chi connectivity index (χ2v) is 22.7. The number of para-hydroxylation sites is 2. The average molecular weight is 2450 g/mol. The number of allylic oxidation sites excluding steroid dienone is 2. The second kappa shape index (κ2) is 49.5. The summed E-state index contributed by atoms with van der Waals surface area (Å²) in [6.45, 7) is 4.73. The SMILES string of the molecule is CC(=O)C=C(C)O.CN(C)c1ccnc(-c2[c-]cc(F)cc2)c1.COc1ccnc(-c2[c-]cc(F)cc2F)c1.Cc1ccnc(-c2[c-]cc(F)cc2F)c1.FC(F)(F)c1[c-]c(-c2ccccn2)cc(C(F)(F)F)c1.Fc1c[c-]c(-c2cc(N(c3ccccc3)c3ccccc3)ccn2)cc1.O=C(O)c1ccccn1.[Ir].[Ir].[Ir].[Ir].[Ir]. The van der Waals surface area contributed by atoms with Crippen LogP contribution in [0.3, 0.4) is 0 Å². The zero-order chi connectivity index (χ0) is 79.2. The number of carboxylic acids is 1. The van der Waals surface area contributed by atoms with Gasteiger partial charge in [0, 0.05) is 216 Å². The van der Waals surface area contributed by atoms with Gasteiger partial charge < -0.3 is 49.7 Å². The molecule has 0 saturated carbocycles. The smallest absolute Gasteiger partial charge is 0.399 e. The maximum atomic E-state index is 13.4. The third-order valence-corrected chi connectivity index (χ3v) is 14.2. The fourth-order valence-electron chi connectivity index (χ4n) is 9.24. The van der Waals surface area contributed by atoms with Crippen LogP contribution in [0, 0.1) is 72.2 Å². The van der Waals surface area contributed by atoms with Crippen LogP contribution in [-0.2, 0) is 118 Å². The quantitative estimate of drug-likeness (QED) is 0.0514. The third-order valence-electron chi connectivity index (χ3n) is 14.2. The van der Waals surface area contributed by atoms with Gasteiger partial charge in [-0.3, -0.25) is 31.1 Å². The number of pyridine rings is 6. The third kappa shape index (κ3) is 32.8. The van der Waals surface area contributed by atoms with Crippen LogP contribution in [0.1, 0.15) is 41.0 Å². The summed E-state index contributed by atoms with van der Waals surface area (Å²) in [5.74, 6) is -3.72. The Morgan fingerprint density at radius 3 is 1.27 bits per heavy atom. The molecular formula is C84H63F12Ir5N8O5-5. The Labute approximate surface area is 717 Å². The van der Waals surface area contributed by atoms with Crippen molar-refractivity contribution in [2.24, 2.45) is 0 Å². The van der Waals surface area contributed by atoms with Gasteiger partial charge in [0.25, 0.3) is 0 Å². The first-order chi connectivity index (χ1) is 51.9. The zero-order valence-corrected chi connectivity index (χ0v) is 72.2. The maximum absolute atomic E-state index is 13.4. The predicted octanol–water partition coefficient (Wildman–Crippen LogP) is 21.3. The first-order valence-corrected chi connectivity index (χ1v) is 32.1. The molecule has 603 valence electrons. The molecule has 0 spiro atoms. The van der Waals surface area contributed by atoms with Crippen LogP contribution in [0.5, 0.6) is 5.75 Å². The van der Waals surface area contributed by atoms with Crippen molar-refractivity contribution in [2.45, 2.75) is 33.1 Å². The Morgan fingerprint density at radius 1 is 0.430 bits per heavy atom. The van der Waals surface area contributed by atoms with Crippen molar-refractivity contribution in [1.82, 2.24) is 29.9 Å². The number of ether oxygens (including phenoxy) is 1. The molecule has 0 bridgehead atoms. The summed E-state index contributed by atoms with van der Waals surface area (Å²) in [5, 5.41) is 16.7. The summed E-state index contributed by atoms with van der Waals surface area (Å²) >= 11 is 0. The van der Waals surface area contributed by atoms with E-state index in [0.29, 0.717) is 23.2 Å². The van der Waals surface area contributed by atoms with Crippen molar-refractivity contribution in [3.63, 3.8) is 0 Å². The molecule has 2 N–H and O–H groups in total. The monoisotopic (exact) mass is 2460 g/mol. The summed E-state index contributed by atoms with van der Waals surface area (Å²) in [4.78, 5) is 48.3. The minimum absolute atomic E-state index is 0. The van der Waals surface area contributed by atoms with E-state index in [1.165, 1.54) is 94.2 Å². The molecular weight excluding hydrogens is 2390 g/mol. The van der Waals surface area contributed by atoms with Gasteiger partial charge in [0.2, 0.25) is 0 Å². The molecule has 7 aromatic carbocycles. The molecule has 13 rings (SSSR count). The Bertz CT molecular complexity index is 5040. The number of aliphatic hydroxyl groups excluding tert-OH is 1. The Hall–Kier alpha value is -10.1. The van der Waals surface area contributed by atoms with Crippen molar-refractivity contribution in [3.8, 4) is 62.0 Å². The largest absolute Gasteiger partial charge is 0.512 e. The number of carboxylic acid groups (broad SMARTS) is 1. The van der Waals surface area contributed by atoms with Crippen LogP contribution >= 0.6 is 0 Å². The predicted molar refractivity (Wildman–Crippen MR) is 391 cm³/mol. The van der Waals surface area contributed by atoms with E-state index in [9.17, 15) is 62.3 Å². The molecule has 0 fully saturated rings. The number of rotatable bonds is 12. The van der Waals surface area contributed by atoms with E-state index in [0.717, 1.165) is 75.1 Å². The molecule has 30 heteroatoms. The molecule has 0 aliphatic carbocycles. The number of methoxy groups -OCH3 is 1. The molecule has 0 aliphatic heterocycles. The molecule has 114 heavy (non-hydrogen) atoms. The molecule has 0 atom stereocenters. The standard InChI is InChI=1S/C23H16FN2.C13H6F6N.C13H12FN2.C12H8F2NO.C12H8F2N.C6H5NO2.C5H8O2.5Ir/c24-19-13-11-18(12-14-19)23-17-22(15-16-25-23)26(20-7-3-1-4-8-20)21-9-5-2-6-10-21;14-12(15,16)9-5-8(11-3-1-2-4-20-11)6-10(7-9)13(17,18)19;1-16(2)12-7-8-15-13(9-12)10-3-5-11(14)6-4-10;1-16-9-4-5-15-12(7-9)10-3-2-8(13)6-11(10)14;1-8-4-5-15-12(6-8)10-3-2-9(13)7-11(10)14;8-6(9)5-3-1-2-4-7-5;1-4(6)3-5(2)7;;;;;/h1-11,13-17H;1-5,7H;3,5-9H,1-2H3;2,4-7H,1H3;2,4-7H,1H3;1-4H,(H,8,9);3,6H,1-2H3;;;;;/q5*-1;;;;;;;. The first kappa shape index (κ1) is 100. The molecule has 13 nitrogen and oxygen atoms in total. The van der Waals surface area contributed by atoms with Crippen molar-refractivity contribution in [2.75, 3.05) is 31.0 Å². The van der Waals surface area contributed by atoms with Crippen molar-refractivity contribution in [1.29, 1.82) is 0 Å². The average Bonchev–Trinajstić information content (AvgIpc) is 0.804. The Kier molecular flexibility index (Phi) is 43.5.